The summed E-state index contributed by atoms with van der Waals surface area (Å²) in [5.74, 6) is -3.36. The van der Waals surface area contributed by atoms with E-state index in [-0.39, 0.29) is 47.6 Å². The molecule has 0 spiro atoms. The van der Waals surface area contributed by atoms with E-state index in [2.05, 4.69) is 10.6 Å². The van der Waals surface area contributed by atoms with Crippen LogP contribution in [0, 0.1) is 11.7 Å². The third-order valence-electron chi connectivity index (χ3n) is 6.85. The summed E-state index contributed by atoms with van der Waals surface area (Å²) in [6.45, 7) is -0.139. The van der Waals surface area contributed by atoms with E-state index in [1.54, 1.807) is 0 Å². The van der Waals surface area contributed by atoms with Crippen LogP contribution >= 0.6 is 0 Å². The summed E-state index contributed by atoms with van der Waals surface area (Å²) in [5, 5.41) is 14.0. The van der Waals surface area contributed by atoms with Gasteiger partial charge in [-0.05, 0) is 74.3 Å². The molecule has 0 saturated heterocycles. The van der Waals surface area contributed by atoms with Crippen molar-refractivity contribution in [2.45, 2.75) is 56.7 Å². The molecule has 0 aliphatic heterocycles. The molecular formula is C27H28F4N2O5. The maximum atomic E-state index is 14.5. The van der Waals surface area contributed by atoms with Crippen LogP contribution in [0.5, 0.6) is 5.75 Å². The van der Waals surface area contributed by atoms with Crippen molar-refractivity contribution in [1.29, 1.82) is 0 Å². The quantitative estimate of drug-likeness (QED) is 0.312. The first-order valence-corrected chi connectivity index (χ1v) is 12.5. The van der Waals surface area contributed by atoms with Crippen LogP contribution in [0.3, 0.4) is 0 Å². The van der Waals surface area contributed by atoms with E-state index >= 15 is 0 Å². The first-order valence-electron chi connectivity index (χ1n) is 12.5. The zero-order valence-corrected chi connectivity index (χ0v) is 20.4. The fourth-order valence-corrected chi connectivity index (χ4v) is 4.62. The van der Waals surface area contributed by atoms with E-state index in [0.29, 0.717) is 38.5 Å². The van der Waals surface area contributed by atoms with E-state index in [0.717, 1.165) is 12.1 Å². The van der Waals surface area contributed by atoms with Crippen molar-refractivity contribution in [1.82, 2.24) is 10.6 Å². The molecule has 0 aromatic heterocycles. The standard InChI is InChI=1S/C27H28F4N2O5/c28-23-14-19(38-18-6-3-16(4-7-18)26(36)37)8-10-21(23)25(35)33-12-11-32-24(34)17-5-9-20(15-1-2-15)22(13-17)27(29,30)31/h5,8-10,13-16,18H,1-4,6-7,11-12H2,(H,32,34)(H,33,35)(H,36,37)/t16-,18+. The van der Waals surface area contributed by atoms with E-state index < -0.39 is 41.3 Å². The summed E-state index contributed by atoms with van der Waals surface area (Å²) >= 11 is 0. The first-order chi connectivity index (χ1) is 18.0. The van der Waals surface area contributed by atoms with Gasteiger partial charge in [0, 0.05) is 24.7 Å². The number of carbonyl (C=O) groups excluding carboxylic acids is 2. The van der Waals surface area contributed by atoms with Crippen LogP contribution in [0.15, 0.2) is 36.4 Å². The van der Waals surface area contributed by atoms with Crippen LogP contribution in [-0.2, 0) is 11.0 Å². The lowest BCUT2D eigenvalue weighted by Crippen LogP contribution is -2.35. The monoisotopic (exact) mass is 536 g/mol. The Hall–Kier alpha value is -3.63. The average molecular weight is 537 g/mol. The highest BCUT2D eigenvalue weighted by molar-refractivity contribution is 5.95. The molecule has 38 heavy (non-hydrogen) atoms. The molecule has 2 saturated carbocycles. The number of rotatable bonds is 9. The molecule has 0 heterocycles. The predicted molar refractivity (Wildman–Crippen MR) is 128 cm³/mol. The Morgan fingerprint density at radius 3 is 2.13 bits per heavy atom. The molecule has 0 radical (unpaired) electrons. The minimum Gasteiger partial charge on any atom is -0.490 e. The number of carbonyl (C=O) groups is 3. The summed E-state index contributed by atoms with van der Waals surface area (Å²) < 4.78 is 60.5. The van der Waals surface area contributed by atoms with Gasteiger partial charge in [0.1, 0.15) is 11.6 Å². The number of ether oxygens (including phenoxy) is 1. The van der Waals surface area contributed by atoms with E-state index in [9.17, 15) is 31.9 Å². The lowest BCUT2D eigenvalue weighted by Gasteiger charge is -2.26. The Morgan fingerprint density at radius 1 is 0.895 bits per heavy atom. The van der Waals surface area contributed by atoms with Gasteiger partial charge in [-0.15, -0.1) is 0 Å². The molecule has 204 valence electrons. The predicted octanol–water partition coefficient (Wildman–Crippen LogP) is 4.90. The molecule has 3 N–H and O–H groups in total. The Bertz CT molecular complexity index is 1200. The fraction of sp³-hybridized carbons (Fsp3) is 0.444. The number of hydrogen-bond acceptors (Lipinski definition) is 4. The second-order valence-corrected chi connectivity index (χ2v) is 9.66. The van der Waals surface area contributed by atoms with Crippen molar-refractivity contribution in [3.05, 3.63) is 64.5 Å². The molecule has 2 aromatic rings. The molecular weight excluding hydrogens is 508 g/mol. The van der Waals surface area contributed by atoms with Crippen molar-refractivity contribution in [2.24, 2.45) is 5.92 Å². The van der Waals surface area contributed by atoms with Crippen LogP contribution < -0.4 is 15.4 Å². The number of carboxylic acid groups (broad SMARTS) is 1. The minimum atomic E-state index is -4.56. The summed E-state index contributed by atoms with van der Waals surface area (Å²) in [5.41, 5.74) is -0.975. The van der Waals surface area contributed by atoms with Crippen LogP contribution in [0.1, 0.15) is 76.3 Å². The maximum Gasteiger partial charge on any atom is 0.416 e. The molecule has 2 aromatic carbocycles. The van der Waals surface area contributed by atoms with Gasteiger partial charge >= 0.3 is 12.1 Å². The zero-order chi connectivity index (χ0) is 27.4. The van der Waals surface area contributed by atoms with Gasteiger partial charge in [-0.3, -0.25) is 14.4 Å². The summed E-state index contributed by atoms with van der Waals surface area (Å²) in [7, 11) is 0. The van der Waals surface area contributed by atoms with Gasteiger partial charge in [0.05, 0.1) is 23.1 Å². The van der Waals surface area contributed by atoms with Gasteiger partial charge in [0.15, 0.2) is 0 Å². The molecule has 0 atom stereocenters. The van der Waals surface area contributed by atoms with Gasteiger partial charge in [-0.2, -0.15) is 13.2 Å². The highest BCUT2D eigenvalue weighted by Crippen LogP contribution is 2.46. The first kappa shape index (κ1) is 27.4. The summed E-state index contributed by atoms with van der Waals surface area (Å²) in [4.78, 5) is 35.8. The zero-order valence-electron chi connectivity index (χ0n) is 20.4. The molecule has 11 heteroatoms. The Kier molecular flexibility index (Phi) is 8.23. The normalized spacial score (nSPS) is 19.5. The molecule has 2 aliphatic rings. The van der Waals surface area contributed by atoms with Crippen molar-refractivity contribution in [2.75, 3.05) is 13.1 Å². The Morgan fingerprint density at radius 2 is 1.55 bits per heavy atom. The highest BCUT2D eigenvalue weighted by Gasteiger charge is 2.38. The smallest absolute Gasteiger partial charge is 0.416 e. The molecule has 7 nitrogen and oxygen atoms in total. The number of aliphatic carboxylic acids is 1. The van der Waals surface area contributed by atoms with Gasteiger partial charge in [0.2, 0.25) is 0 Å². The molecule has 2 fully saturated rings. The third-order valence-corrected chi connectivity index (χ3v) is 6.85. The van der Waals surface area contributed by atoms with Crippen LogP contribution in [0.4, 0.5) is 17.6 Å². The fourth-order valence-electron chi connectivity index (χ4n) is 4.62. The van der Waals surface area contributed by atoms with E-state index in [1.807, 2.05) is 0 Å². The molecule has 4 rings (SSSR count). The number of benzene rings is 2. The van der Waals surface area contributed by atoms with Gasteiger partial charge in [-0.1, -0.05) is 6.07 Å². The van der Waals surface area contributed by atoms with Gasteiger partial charge in [0.25, 0.3) is 11.8 Å². The second kappa shape index (κ2) is 11.4. The van der Waals surface area contributed by atoms with Crippen LogP contribution in [-0.4, -0.2) is 42.1 Å². The number of hydrogen-bond donors (Lipinski definition) is 3. The van der Waals surface area contributed by atoms with Crippen molar-refractivity contribution in [3.8, 4) is 5.75 Å². The van der Waals surface area contributed by atoms with Gasteiger partial charge < -0.3 is 20.5 Å². The van der Waals surface area contributed by atoms with Crippen LogP contribution in [0.25, 0.3) is 0 Å². The van der Waals surface area contributed by atoms with Gasteiger partial charge in [-0.25, -0.2) is 4.39 Å². The number of nitrogens with one attached hydrogen (secondary N) is 2. The largest absolute Gasteiger partial charge is 0.490 e. The van der Waals surface area contributed by atoms with Crippen LogP contribution in [0.2, 0.25) is 0 Å². The van der Waals surface area contributed by atoms with E-state index in [1.165, 1.54) is 24.3 Å². The molecule has 0 bridgehead atoms. The topological polar surface area (TPSA) is 105 Å². The lowest BCUT2D eigenvalue weighted by molar-refractivity contribution is -0.143. The van der Waals surface area contributed by atoms with Crippen molar-refractivity contribution >= 4 is 17.8 Å². The Balaban J connectivity index is 1.25. The molecule has 0 unspecified atom stereocenters. The SMILES string of the molecule is O=C(NCCNC(=O)c1ccc(O[C@H]2CC[C@@H](C(=O)O)CC2)cc1F)c1ccc(C2CC2)c(C(F)(F)F)c1. The second-order valence-electron chi connectivity index (χ2n) is 9.66. The maximum absolute atomic E-state index is 14.5. The summed E-state index contributed by atoms with van der Waals surface area (Å²) in [6, 6.07) is 7.35. The number of amides is 2. The Labute approximate surface area is 216 Å². The minimum absolute atomic E-state index is 0.0681. The third kappa shape index (κ3) is 6.81. The average Bonchev–Trinajstić information content (AvgIpc) is 3.71. The highest BCUT2D eigenvalue weighted by atomic mass is 19.4. The number of alkyl halides is 3. The number of carboxylic acids is 1. The van der Waals surface area contributed by atoms with E-state index in [4.69, 9.17) is 9.84 Å². The van der Waals surface area contributed by atoms with Crippen molar-refractivity contribution < 1.29 is 41.8 Å². The molecule has 2 aliphatic carbocycles. The number of halogens is 4. The lowest BCUT2D eigenvalue weighted by atomic mass is 9.87. The molecule has 2 amide bonds. The summed E-state index contributed by atoms with van der Waals surface area (Å²) in [6.07, 6.45) is -1.37. The van der Waals surface area contributed by atoms with Crippen molar-refractivity contribution in [3.63, 3.8) is 0 Å².